The van der Waals surface area contributed by atoms with Gasteiger partial charge in [-0.25, -0.2) is 4.39 Å². The van der Waals surface area contributed by atoms with Crippen LogP contribution in [0.5, 0.6) is 0 Å². The van der Waals surface area contributed by atoms with Crippen molar-refractivity contribution in [3.63, 3.8) is 0 Å². The topological polar surface area (TPSA) is 30.9 Å². The summed E-state index contributed by atoms with van der Waals surface area (Å²) in [4.78, 5) is 0. The highest BCUT2D eigenvalue weighted by atomic mass is 35.5. The molecular weight excluding hydrogens is 203 g/mol. The molecule has 1 heterocycles. The molecule has 1 aromatic heterocycles. The Kier molecular flexibility index (Phi) is 2.21. The van der Waals surface area contributed by atoms with Crippen LogP contribution in [-0.2, 0) is 0 Å². The van der Waals surface area contributed by atoms with Gasteiger partial charge in [0.25, 0.3) is 0 Å². The van der Waals surface area contributed by atoms with E-state index >= 15 is 0 Å². The zero-order valence-corrected chi connectivity index (χ0v) is 8.13. The van der Waals surface area contributed by atoms with Crippen molar-refractivity contribution >= 4 is 22.5 Å². The van der Waals surface area contributed by atoms with Crippen LogP contribution in [0.15, 0.2) is 24.4 Å². The lowest BCUT2D eigenvalue weighted by Crippen LogP contribution is -2.13. The maximum atomic E-state index is 13.1. The molecule has 2 N–H and O–H groups in total. The van der Waals surface area contributed by atoms with Gasteiger partial charge in [0, 0.05) is 11.6 Å². The van der Waals surface area contributed by atoms with E-state index in [0.29, 0.717) is 0 Å². The Morgan fingerprint density at radius 3 is 2.86 bits per heavy atom. The normalized spacial score (nSPS) is 13.4. The molecule has 0 bridgehead atoms. The molecule has 0 spiro atoms. The first-order valence-electron chi connectivity index (χ1n) is 4.14. The first-order chi connectivity index (χ1) is 6.59. The summed E-state index contributed by atoms with van der Waals surface area (Å²) in [6, 6.07) is 4.72. The molecule has 2 aromatic rings. The fourth-order valence-electron chi connectivity index (χ4n) is 1.44. The van der Waals surface area contributed by atoms with Crippen molar-refractivity contribution < 1.29 is 4.39 Å². The average Bonchev–Trinajstić information content (AvgIpc) is 2.48. The van der Waals surface area contributed by atoms with E-state index in [4.69, 9.17) is 17.3 Å². The van der Waals surface area contributed by atoms with Crippen molar-refractivity contribution in [2.24, 2.45) is 5.73 Å². The summed E-state index contributed by atoms with van der Waals surface area (Å²) in [5, 5.41) is 0.865. The van der Waals surface area contributed by atoms with Crippen LogP contribution < -0.4 is 5.73 Å². The lowest BCUT2D eigenvalue weighted by Gasteiger charge is -2.09. The summed E-state index contributed by atoms with van der Waals surface area (Å²) < 4.78 is 14.8. The standard InChI is InChI=1S/C10H9ClFN2/c1-6(13)14-3-2-7-4-9(12)8(11)5-10(7)14/h2-6H,1,13H2. The van der Waals surface area contributed by atoms with Crippen molar-refractivity contribution in [1.29, 1.82) is 0 Å². The molecule has 0 saturated carbocycles. The maximum Gasteiger partial charge on any atom is 0.142 e. The molecule has 73 valence electrons. The predicted molar refractivity (Wildman–Crippen MR) is 55.5 cm³/mol. The molecular formula is C10H9ClFN2. The SMILES string of the molecule is [CH2]C(N)n1ccc2cc(F)c(Cl)cc21. The second kappa shape index (κ2) is 3.26. The monoisotopic (exact) mass is 211 g/mol. The summed E-state index contributed by atoms with van der Waals surface area (Å²) in [7, 11) is 0. The van der Waals surface area contributed by atoms with Gasteiger partial charge in [0.1, 0.15) is 5.82 Å². The molecule has 2 rings (SSSR count). The molecule has 0 aliphatic rings. The van der Waals surface area contributed by atoms with E-state index in [-0.39, 0.29) is 5.02 Å². The number of aromatic nitrogens is 1. The zero-order chi connectivity index (χ0) is 10.3. The fraction of sp³-hybridized carbons (Fsp3) is 0.100. The Bertz CT molecular complexity index is 476. The number of nitrogens with zero attached hydrogens (tertiary/aromatic N) is 1. The Morgan fingerprint density at radius 1 is 1.50 bits per heavy atom. The summed E-state index contributed by atoms with van der Waals surface area (Å²) in [6.45, 7) is 3.69. The second-order valence-corrected chi connectivity index (χ2v) is 3.52. The number of benzene rings is 1. The van der Waals surface area contributed by atoms with Crippen LogP contribution in [0.3, 0.4) is 0 Å². The Labute approximate surface area is 86.1 Å². The molecule has 1 aromatic carbocycles. The highest BCUT2D eigenvalue weighted by molar-refractivity contribution is 6.31. The number of halogens is 2. The summed E-state index contributed by atoms with van der Waals surface area (Å²) >= 11 is 5.67. The van der Waals surface area contributed by atoms with Crippen LogP contribution >= 0.6 is 11.6 Å². The third kappa shape index (κ3) is 1.38. The average molecular weight is 212 g/mol. The Morgan fingerprint density at radius 2 is 2.21 bits per heavy atom. The third-order valence-corrected chi connectivity index (χ3v) is 2.41. The summed E-state index contributed by atoms with van der Waals surface area (Å²) in [6.07, 6.45) is 1.37. The number of fused-ring (bicyclic) bond motifs is 1. The highest BCUT2D eigenvalue weighted by Crippen LogP contribution is 2.24. The van der Waals surface area contributed by atoms with Gasteiger partial charge in [-0.15, -0.1) is 0 Å². The van der Waals surface area contributed by atoms with E-state index in [1.807, 2.05) is 0 Å². The van der Waals surface area contributed by atoms with Gasteiger partial charge in [-0.05, 0) is 25.1 Å². The van der Waals surface area contributed by atoms with Crippen molar-refractivity contribution in [1.82, 2.24) is 4.57 Å². The van der Waals surface area contributed by atoms with E-state index < -0.39 is 12.0 Å². The molecule has 0 aliphatic heterocycles. The van der Waals surface area contributed by atoms with Crippen molar-refractivity contribution in [3.8, 4) is 0 Å². The maximum absolute atomic E-state index is 13.1. The molecule has 1 radical (unpaired) electrons. The first kappa shape index (κ1) is 9.49. The number of hydrogen-bond acceptors (Lipinski definition) is 1. The van der Waals surface area contributed by atoms with Crippen LogP contribution in [0, 0.1) is 12.7 Å². The minimum atomic E-state index is -0.422. The number of hydrogen-bond donors (Lipinski definition) is 1. The minimum Gasteiger partial charge on any atom is -0.332 e. The van der Waals surface area contributed by atoms with Gasteiger partial charge in [-0.2, -0.15) is 0 Å². The third-order valence-electron chi connectivity index (χ3n) is 2.12. The lowest BCUT2D eigenvalue weighted by molar-refractivity contribution is 0.628. The van der Waals surface area contributed by atoms with Gasteiger partial charge in [-0.1, -0.05) is 11.6 Å². The molecule has 2 nitrogen and oxygen atoms in total. The van der Waals surface area contributed by atoms with Crippen LogP contribution in [-0.4, -0.2) is 4.57 Å². The van der Waals surface area contributed by atoms with Crippen LogP contribution in [0.4, 0.5) is 4.39 Å². The van der Waals surface area contributed by atoms with Gasteiger partial charge in [0.15, 0.2) is 0 Å². The Hall–Kier alpha value is -1.06. The largest absolute Gasteiger partial charge is 0.332 e. The van der Waals surface area contributed by atoms with Crippen molar-refractivity contribution in [3.05, 3.63) is 42.2 Å². The smallest absolute Gasteiger partial charge is 0.142 e. The lowest BCUT2D eigenvalue weighted by atomic mass is 10.2. The van der Waals surface area contributed by atoms with Crippen molar-refractivity contribution in [2.45, 2.75) is 6.17 Å². The molecule has 14 heavy (non-hydrogen) atoms. The van der Waals surface area contributed by atoms with Crippen LogP contribution in [0.25, 0.3) is 10.9 Å². The van der Waals surface area contributed by atoms with E-state index in [1.54, 1.807) is 22.9 Å². The quantitative estimate of drug-likeness (QED) is 0.773. The second-order valence-electron chi connectivity index (χ2n) is 3.12. The van der Waals surface area contributed by atoms with Gasteiger partial charge in [0.05, 0.1) is 16.7 Å². The molecule has 0 saturated heterocycles. The van der Waals surface area contributed by atoms with Gasteiger partial charge < -0.3 is 10.3 Å². The summed E-state index contributed by atoms with van der Waals surface area (Å²) in [5.41, 5.74) is 6.42. The molecule has 1 atom stereocenters. The predicted octanol–water partition coefficient (Wildman–Crippen LogP) is 2.73. The van der Waals surface area contributed by atoms with E-state index in [9.17, 15) is 4.39 Å². The molecule has 0 fully saturated rings. The zero-order valence-electron chi connectivity index (χ0n) is 7.37. The minimum absolute atomic E-state index is 0.0955. The number of nitrogens with two attached hydrogens (primary N) is 1. The van der Waals surface area contributed by atoms with Gasteiger partial charge in [0.2, 0.25) is 0 Å². The summed E-state index contributed by atoms with van der Waals surface area (Å²) in [5.74, 6) is -0.422. The van der Waals surface area contributed by atoms with Crippen LogP contribution in [0.2, 0.25) is 5.02 Å². The van der Waals surface area contributed by atoms with E-state index in [2.05, 4.69) is 6.92 Å². The number of rotatable bonds is 1. The molecule has 1 unspecified atom stereocenters. The van der Waals surface area contributed by atoms with Gasteiger partial charge >= 0.3 is 0 Å². The van der Waals surface area contributed by atoms with Crippen molar-refractivity contribution in [2.75, 3.05) is 0 Å². The molecule has 0 amide bonds. The first-order valence-corrected chi connectivity index (χ1v) is 4.51. The van der Waals surface area contributed by atoms with E-state index in [1.165, 1.54) is 6.07 Å². The molecule has 4 heteroatoms. The Balaban J connectivity index is 2.74. The van der Waals surface area contributed by atoms with E-state index in [0.717, 1.165) is 10.9 Å². The fourth-order valence-corrected chi connectivity index (χ4v) is 1.60. The molecule has 0 aliphatic carbocycles. The highest BCUT2D eigenvalue weighted by Gasteiger charge is 2.08. The van der Waals surface area contributed by atoms with Gasteiger partial charge in [-0.3, -0.25) is 0 Å². The van der Waals surface area contributed by atoms with Crippen LogP contribution in [0.1, 0.15) is 6.17 Å².